The zero-order valence-corrected chi connectivity index (χ0v) is 17.4. The van der Waals surface area contributed by atoms with Gasteiger partial charge in [-0.05, 0) is 55.2 Å². The van der Waals surface area contributed by atoms with E-state index in [1.54, 1.807) is 0 Å². The Morgan fingerprint density at radius 1 is 1.20 bits per heavy atom. The molecule has 1 atom stereocenters. The fourth-order valence-electron chi connectivity index (χ4n) is 4.16. The third-order valence-corrected chi connectivity index (χ3v) is 7.12. The number of aromatic nitrogens is 1. The van der Waals surface area contributed by atoms with E-state index in [1.165, 1.54) is 19.2 Å². The van der Waals surface area contributed by atoms with Crippen molar-refractivity contribution in [1.29, 1.82) is 0 Å². The van der Waals surface area contributed by atoms with Gasteiger partial charge in [0, 0.05) is 29.2 Å². The molecule has 0 saturated heterocycles. The number of fused-ring (bicyclic) bond motifs is 3. The number of ether oxygens (including phenoxy) is 1. The number of halogens is 1. The lowest BCUT2D eigenvalue weighted by molar-refractivity contribution is -0.140. The summed E-state index contributed by atoms with van der Waals surface area (Å²) < 4.78 is 48.3. The largest absolute Gasteiger partial charge is 0.469 e. The predicted octanol–water partition coefficient (Wildman–Crippen LogP) is 3.18. The van der Waals surface area contributed by atoms with E-state index in [4.69, 9.17) is 4.74 Å². The second-order valence-electron chi connectivity index (χ2n) is 7.44. The van der Waals surface area contributed by atoms with Crippen LogP contribution in [0.1, 0.15) is 24.1 Å². The molecule has 0 bridgehead atoms. The van der Waals surface area contributed by atoms with Crippen LogP contribution in [0, 0.1) is 5.82 Å². The number of sulfonamides is 1. The van der Waals surface area contributed by atoms with Crippen molar-refractivity contribution >= 4 is 26.9 Å². The van der Waals surface area contributed by atoms with Crippen LogP contribution in [0.3, 0.4) is 0 Å². The number of methoxy groups -OCH3 is 1. The van der Waals surface area contributed by atoms with Crippen molar-refractivity contribution in [2.24, 2.45) is 0 Å². The average molecular weight is 431 g/mol. The molecule has 0 aliphatic heterocycles. The Balaban J connectivity index is 1.61. The number of rotatable bonds is 6. The molecule has 1 aromatic heterocycles. The van der Waals surface area contributed by atoms with Crippen LogP contribution in [-0.2, 0) is 38.9 Å². The van der Waals surface area contributed by atoms with Gasteiger partial charge in [-0.1, -0.05) is 18.2 Å². The summed E-state index contributed by atoms with van der Waals surface area (Å²) in [5.41, 5.74) is 3.28. The second kappa shape index (κ2) is 8.20. The third kappa shape index (κ3) is 3.97. The minimum Gasteiger partial charge on any atom is -0.469 e. The number of esters is 1. The zero-order chi connectivity index (χ0) is 21.3. The molecule has 0 radical (unpaired) electrons. The van der Waals surface area contributed by atoms with E-state index in [0.717, 1.165) is 34.3 Å². The van der Waals surface area contributed by atoms with Crippen LogP contribution in [0.4, 0.5) is 4.39 Å². The molecule has 1 heterocycles. The smallest absolute Gasteiger partial charge is 0.307 e. The SMILES string of the molecule is COC(=O)CCn1c2c(c3ccccc31)CC(NS(=O)(=O)c1ccc(F)cc1)CC2. The number of carbonyl (C=O) groups is 1. The van der Waals surface area contributed by atoms with Gasteiger partial charge in [0.2, 0.25) is 10.0 Å². The highest BCUT2D eigenvalue weighted by molar-refractivity contribution is 7.89. The summed E-state index contributed by atoms with van der Waals surface area (Å²) in [6, 6.07) is 12.5. The Kier molecular flexibility index (Phi) is 5.62. The highest BCUT2D eigenvalue weighted by atomic mass is 32.2. The Morgan fingerprint density at radius 2 is 1.93 bits per heavy atom. The van der Waals surface area contributed by atoms with E-state index < -0.39 is 15.8 Å². The summed E-state index contributed by atoms with van der Waals surface area (Å²) in [6.45, 7) is 0.522. The van der Waals surface area contributed by atoms with E-state index in [2.05, 4.69) is 9.29 Å². The maximum atomic E-state index is 13.1. The van der Waals surface area contributed by atoms with E-state index in [0.29, 0.717) is 25.8 Å². The molecule has 1 aliphatic carbocycles. The molecule has 3 aromatic rings. The zero-order valence-electron chi connectivity index (χ0n) is 16.6. The first-order valence-electron chi connectivity index (χ1n) is 9.83. The van der Waals surface area contributed by atoms with Gasteiger partial charge in [0.25, 0.3) is 0 Å². The van der Waals surface area contributed by atoms with Gasteiger partial charge in [-0.25, -0.2) is 17.5 Å². The summed E-state index contributed by atoms with van der Waals surface area (Å²) in [6.07, 6.45) is 2.17. The van der Waals surface area contributed by atoms with Gasteiger partial charge in [-0.3, -0.25) is 4.79 Å². The second-order valence-corrected chi connectivity index (χ2v) is 9.15. The molecule has 158 valence electrons. The number of hydrogen-bond acceptors (Lipinski definition) is 4. The lowest BCUT2D eigenvalue weighted by atomic mass is 9.92. The van der Waals surface area contributed by atoms with E-state index in [9.17, 15) is 17.6 Å². The van der Waals surface area contributed by atoms with Crippen molar-refractivity contribution in [1.82, 2.24) is 9.29 Å². The molecule has 0 saturated carbocycles. The van der Waals surface area contributed by atoms with Crippen LogP contribution in [0.2, 0.25) is 0 Å². The van der Waals surface area contributed by atoms with Crippen LogP contribution < -0.4 is 4.72 Å². The molecular formula is C22H23FN2O4S. The number of benzene rings is 2. The molecule has 1 aliphatic rings. The monoisotopic (exact) mass is 430 g/mol. The standard InChI is InChI=1S/C22H23FN2O4S/c1-29-22(26)12-13-25-20-5-3-2-4-18(20)19-14-16(8-11-21(19)25)24-30(27,28)17-9-6-15(23)7-10-17/h2-7,9-10,16,24H,8,11-14H2,1H3. The van der Waals surface area contributed by atoms with Crippen LogP contribution in [-0.4, -0.2) is 32.1 Å². The van der Waals surface area contributed by atoms with Crippen LogP contribution >= 0.6 is 0 Å². The molecule has 30 heavy (non-hydrogen) atoms. The van der Waals surface area contributed by atoms with Gasteiger partial charge in [0.15, 0.2) is 0 Å². The summed E-state index contributed by atoms with van der Waals surface area (Å²) in [5, 5.41) is 1.07. The van der Waals surface area contributed by atoms with E-state index in [1.807, 2.05) is 24.3 Å². The minimum atomic E-state index is -3.74. The van der Waals surface area contributed by atoms with Crippen LogP contribution in [0.15, 0.2) is 53.4 Å². The predicted molar refractivity (Wildman–Crippen MR) is 111 cm³/mol. The summed E-state index contributed by atoms with van der Waals surface area (Å²) in [4.78, 5) is 11.7. The van der Waals surface area contributed by atoms with Crippen molar-refractivity contribution in [2.75, 3.05) is 7.11 Å². The van der Waals surface area contributed by atoms with E-state index >= 15 is 0 Å². The van der Waals surface area contributed by atoms with Crippen molar-refractivity contribution in [3.63, 3.8) is 0 Å². The third-order valence-electron chi connectivity index (χ3n) is 5.59. The first-order valence-corrected chi connectivity index (χ1v) is 11.3. The maximum Gasteiger partial charge on any atom is 0.307 e. The normalized spacial score (nSPS) is 16.4. The molecule has 0 fully saturated rings. The fraction of sp³-hybridized carbons (Fsp3) is 0.318. The Morgan fingerprint density at radius 3 is 2.67 bits per heavy atom. The number of para-hydroxylation sites is 1. The molecule has 4 rings (SSSR count). The number of nitrogens with zero attached hydrogens (tertiary/aromatic N) is 1. The molecular weight excluding hydrogens is 407 g/mol. The molecule has 0 amide bonds. The number of carbonyl (C=O) groups excluding carboxylic acids is 1. The van der Waals surface area contributed by atoms with Gasteiger partial charge in [-0.15, -0.1) is 0 Å². The van der Waals surface area contributed by atoms with Gasteiger partial charge in [0.05, 0.1) is 18.4 Å². The lowest BCUT2D eigenvalue weighted by Gasteiger charge is -2.25. The number of hydrogen-bond donors (Lipinski definition) is 1. The number of nitrogens with one attached hydrogen (secondary N) is 1. The lowest BCUT2D eigenvalue weighted by Crippen LogP contribution is -2.39. The van der Waals surface area contributed by atoms with Gasteiger partial charge in [0.1, 0.15) is 5.82 Å². The quantitative estimate of drug-likeness (QED) is 0.610. The molecule has 0 spiro atoms. The highest BCUT2D eigenvalue weighted by Gasteiger charge is 2.28. The topological polar surface area (TPSA) is 77.4 Å². The first kappa shape index (κ1) is 20.6. The number of aryl methyl sites for hydroxylation is 1. The molecule has 2 aromatic carbocycles. The van der Waals surface area contributed by atoms with Gasteiger partial charge < -0.3 is 9.30 Å². The summed E-state index contributed by atoms with van der Waals surface area (Å²) in [7, 11) is -2.36. The van der Waals surface area contributed by atoms with E-state index in [-0.39, 0.29) is 23.3 Å². The van der Waals surface area contributed by atoms with Crippen LogP contribution in [0.5, 0.6) is 0 Å². The van der Waals surface area contributed by atoms with Crippen molar-refractivity contribution in [3.8, 4) is 0 Å². The van der Waals surface area contributed by atoms with Gasteiger partial charge in [-0.2, -0.15) is 0 Å². The van der Waals surface area contributed by atoms with Crippen LogP contribution in [0.25, 0.3) is 10.9 Å². The van der Waals surface area contributed by atoms with Gasteiger partial charge >= 0.3 is 5.97 Å². The average Bonchev–Trinajstić information content (AvgIpc) is 3.05. The molecule has 6 nitrogen and oxygen atoms in total. The molecule has 8 heteroatoms. The Bertz CT molecular complexity index is 1190. The minimum absolute atomic E-state index is 0.0511. The Labute approximate surface area is 174 Å². The fourth-order valence-corrected chi connectivity index (χ4v) is 5.43. The summed E-state index contributed by atoms with van der Waals surface area (Å²) >= 11 is 0. The summed E-state index contributed by atoms with van der Waals surface area (Å²) in [5.74, 6) is -0.738. The highest BCUT2D eigenvalue weighted by Crippen LogP contribution is 2.33. The van der Waals surface area contributed by atoms with Crippen molar-refractivity contribution < 1.29 is 22.3 Å². The molecule has 1 unspecified atom stereocenters. The Hall–Kier alpha value is -2.71. The molecule has 1 N–H and O–H groups in total. The first-order chi connectivity index (χ1) is 14.4. The maximum absolute atomic E-state index is 13.1. The van der Waals surface area contributed by atoms with Crippen molar-refractivity contribution in [2.45, 2.75) is 43.2 Å². The van der Waals surface area contributed by atoms with Crippen molar-refractivity contribution in [3.05, 3.63) is 65.6 Å².